The molecule has 0 saturated carbocycles. The van der Waals surface area contributed by atoms with E-state index in [4.69, 9.17) is 9.53 Å². The molecule has 33 heavy (non-hydrogen) atoms. The van der Waals surface area contributed by atoms with E-state index in [1.807, 2.05) is 34.6 Å². The first-order chi connectivity index (χ1) is 15.9. The van der Waals surface area contributed by atoms with Crippen LogP contribution >= 0.6 is 11.8 Å². The van der Waals surface area contributed by atoms with E-state index >= 15 is 0 Å². The molecule has 0 aliphatic carbocycles. The van der Waals surface area contributed by atoms with Crippen molar-refractivity contribution in [3.8, 4) is 12.3 Å². The van der Waals surface area contributed by atoms with Crippen molar-refractivity contribution in [2.75, 3.05) is 32.1 Å². The number of hydrogen-bond donors (Lipinski definition) is 2. The Hall–Kier alpha value is -2.42. The third-order valence-electron chi connectivity index (χ3n) is 4.27. The quantitative estimate of drug-likeness (QED) is 0.404. The molecule has 5 heteroatoms. The van der Waals surface area contributed by atoms with Crippen molar-refractivity contribution < 1.29 is 9.53 Å². The molecule has 1 aliphatic rings. The van der Waals surface area contributed by atoms with Crippen LogP contribution in [-0.4, -0.2) is 33.6 Å². The smallest absolute Gasteiger partial charge is 0.106 e. The zero-order valence-electron chi connectivity index (χ0n) is 21.9. The highest BCUT2D eigenvalue weighted by Crippen LogP contribution is 2.20. The summed E-state index contributed by atoms with van der Waals surface area (Å²) in [5, 5.41) is 7.46. The summed E-state index contributed by atoms with van der Waals surface area (Å²) >= 11 is 1.61. The second-order valence-corrected chi connectivity index (χ2v) is 8.15. The van der Waals surface area contributed by atoms with E-state index in [2.05, 4.69) is 80.3 Å². The van der Waals surface area contributed by atoms with Gasteiger partial charge in [0.1, 0.15) is 6.79 Å². The number of ether oxygens (including phenoxy) is 1. The predicted molar refractivity (Wildman–Crippen MR) is 151 cm³/mol. The zero-order valence-corrected chi connectivity index (χ0v) is 22.7. The Balaban J connectivity index is -0.000000432. The minimum atomic E-state index is 0.742. The third-order valence-corrected chi connectivity index (χ3v) is 5.01. The lowest BCUT2D eigenvalue weighted by Gasteiger charge is -2.23. The van der Waals surface area contributed by atoms with E-state index in [-0.39, 0.29) is 0 Å². The van der Waals surface area contributed by atoms with Gasteiger partial charge in [0.25, 0.3) is 0 Å². The van der Waals surface area contributed by atoms with Crippen molar-refractivity contribution in [2.45, 2.75) is 54.4 Å². The molecule has 0 spiro atoms. The van der Waals surface area contributed by atoms with Crippen LogP contribution in [0.15, 0.2) is 53.4 Å². The van der Waals surface area contributed by atoms with E-state index in [0.29, 0.717) is 0 Å². The van der Waals surface area contributed by atoms with Crippen molar-refractivity contribution in [1.82, 2.24) is 5.32 Å². The molecular formula is C28H46N2O2S. The van der Waals surface area contributed by atoms with Crippen molar-refractivity contribution in [3.05, 3.63) is 59.0 Å². The van der Waals surface area contributed by atoms with E-state index < -0.39 is 0 Å². The standard InChI is InChI=1S/C11H19NOS.C11H15N.C3H4.C2H6.CH2O/c1-9(2)14-10(3)12-8-11-4-6-13-7-5-11;1-4-9(2)10-6-5-7-11(8-10)12-3;1-3-2;2*1-2/h11-12H,1,3-8H2,2H3;4-8,12H,1-3H3;1H,2H3;1-2H3;1H2/b;9-4+;;;. The zero-order chi connectivity index (χ0) is 26.1. The van der Waals surface area contributed by atoms with Gasteiger partial charge in [-0.2, -0.15) is 0 Å². The normalized spacial score (nSPS) is 12.2. The lowest BCUT2D eigenvalue weighted by Crippen LogP contribution is -2.26. The summed E-state index contributed by atoms with van der Waals surface area (Å²) in [7, 11) is 1.93. The van der Waals surface area contributed by atoms with Crippen molar-refractivity contribution in [2.24, 2.45) is 5.92 Å². The van der Waals surface area contributed by atoms with Crippen LogP contribution < -0.4 is 10.6 Å². The molecule has 1 aromatic carbocycles. The van der Waals surface area contributed by atoms with Crippen LogP contribution in [0.1, 0.15) is 59.9 Å². The minimum Gasteiger partial charge on any atom is -0.388 e. The number of terminal acetylenes is 1. The highest BCUT2D eigenvalue weighted by Gasteiger charge is 2.13. The van der Waals surface area contributed by atoms with Gasteiger partial charge in [-0.05, 0) is 74.6 Å². The van der Waals surface area contributed by atoms with Gasteiger partial charge in [0.05, 0.1) is 5.03 Å². The van der Waals surface area contributed by atoms with Gasteiger partial charge in [0, 0.05) is 32.5 Å². The predicted octanol–water partition coefficient (Wildman–Crippen LogP) is 7.37. The average molecular weight is 475 g/mol. The largest absolute Gasteiger partial charge is 0.388 e. The topological polar surface area (TPSA) is 50.4 Å². The number of benzene rings is 1. The van der Waals surface area contributed by atoms with Crippen LogP contribution in [0.3, 0.4) is 0 Å². The van der Waals surface area contributed by atoms with Gasteiger partial charge in [-0.25, -0.2) is 0 Å². The van der Waals surface area contributed by atoms with Crippen molar-refractivity contribution in [3.63, 3.8) is 0 Å². The second kappa shape index (κ2) is 25.8. The number of allylic oxidation sites excluding steroid dienone is 3. The Morgan fingerprint density at radius 2 is 1.79 bits per heavy atom. The fourth-order valence-electron chi connectivity index (χ4n) is 2.54. The monoisotopic (exact) mass is 474 g/mol. The van der Waals surface area contributed by atoms with Gasteiger partial charge in [-0.1, -0.05) is 57.0 Å². The van der Waals surface area contributed by atoms with Gasteiger partial charge in [0.2, 0.25) is 0 Å². The van der Waals surface area contributed by atoms with Crippen LogP contribution in [0.5, 0.6) is 0 Å². The number of nitrogens with one attached hydrogen (secondary N) is 2. The summed E-state index contributed by atoms with van der Waals surface area (Å²) in [4.78, 5) is 9.08. The first-order valence-electron chi connectivity index (χ1n) is 11.3. The highest BCUT2D eigenvalue weighted by atomic mass is 32.2. The Bertz CT molecular complexity index is 702. The molecule has 2 N–H and O–H groups in total. The molecule has 2 rings (SSSR count). The van der Waals surface area contributed by atoms with E-state index in [1.165, 1.54) is 11.1 Å². The molecule has 0 unspecified atom stereocenters. The summed E-state index contributed by atoms with van der Waals surface area (Å²) in [6, 6.07) is 8.39. The highest BCUT2D eigenvalue weighted by molar-refractivity contribution is 8.06. The SMILES string of the molecule is C#CC.C/C=C(\C)c1cccc(NC)c1.C=C(C)SC(=C)NCC1CCOCC1.C=O.CC. The fourth-order valence-corrected chi connectivity index (χ4v) is 3.12. The number of rotatable bonds is 7. The van der Waals surface area contributed by atoms with Crippen LogP contribution in [0.2, 0.25) is 0 Å². The van der Waals surface area contributed by atoms with Crippen LogP contribution in [0.4, 0.5) is 5.69 Å². The molecule has 1 aliphatic heterocycles. The van der Waals surface area contributed by atoms with Crippen molar-refractivity contribution in [1.29, 1.82) is 0 Å². The first kappa shape index (κ1) is 35.2. The number of hydrogen-bond acceptors (Lipinski definition) is 5. The van der Waals surface area contributed by atoms with Crippen molar-refractivity contribution >= 4 is 29.8 Å². The van der Waals surface area contributed by atoms with Crippen LogP contribution in [-0.2, 0) is 9.53 Å². The molecule has 0 amide bonds. The van der Waals surface area contributed by atoms with Gasteiger partial charge >= 0.3 is 0 Å². The summed E-state index contributed by atoms with van der Waals surface area (Å²) in [5.41, 5.74) is 3.75. The molecule has 0 atom stereocenters. The second-order valence-electron chi connectivity index (χ2n) is 6.76. The number of anilines is 1. The van der Waals surface area contributed by atoms with E-state index in [9.17, 15) is 0 Å². The van der Waals surface area contributed by atoms with E-state index in [1.54, 1.807) is 18.7 Å². The Kier molecular flexibility index (Phi) is 27.5. The molecule has 0 bridgehead atoms. The summed E-state index contributed by atoms with van der Waals surface area (Å²) < 4.78 is 5.30. The maximum atomic E-state index is 8.00. The lowest BCUT2D eigenvalue weighted by atomic mass is 10.0. The Morgan fingerprint density at radius 3 is 2.24 bits per heavy atom. The number of carbonyl (C=O) groups excluding carboxylic acids is 1. The average Bonchev–Trinajstić information content (AvgIpc) is 2.86. The molecule has 186 valence electrons. The molecule has 0 radical (unpaired) electrons. The third kappa shape index (κ3) is 21.2. The van der Waals surface area contributed by atoms with Gasteiger partial charge in [-0.3, -0.25) is 0 Å². The molecule has 1 aromatic rings. The maximum absolute atomic E-state index is 8.00. The number of thioether (sulfide) groups is 1. The summed E-state index contributed by atoms with van der Waals surface area (Å²) in [5.74, 6) is 2.99. The lowest BCUT2D eigenvalue weighted by molar-refractivity contribution is -0.0979. The van der Waals surface area contributed by atoms with Crippen LogP contribution in [0, 0.1) is 18.3 Å². The Morgan fingerprint density at radius 1 is 1.24 bits per heavy atom. The van der Waals surface area contributed by atoms with Gasteiger partial charge in [-0.15, -0.1) is 12.3 Å². The first-order valence-corrected chi connectivity index (χ1v) is 12.1. The number of carbonyl (C=O) groups is 1. The summed E-state index contributed by atoms with van der Waals surface area (Å²) in [6.45, 7) is 24.4. The Labute approximate surface area is 208 Å². The maximum Gasteiger partial charge on any atom is 0.106 e. The molecular weight excluding hydrogens is 428 g/mol. The molecule has 1 fully saturated rings. The molecule has 4 nitrogen and oxygen atoms in total. The molecule has 1 heterocycles. The van der Waals surface area contributed by atoms with E-state index in [0.717, 1.165) is 54.1 Å². The fraction of sp³-hybridized carbons (Fsp3) is 0.464. The van der Waals surface area contributed by atoms with Gasteiger partial charge < -0.3 is 20.2 Å². The molecule has 1 saturated heterocycles. The van der Waals surface area contributed by atoms with Gasteiger partial charge in [0.15, 0.2) is 0 Å². The molecule has 0 aromatic heterocycles. The minimum absolute atomic E-state index is 0.742. The summed E-state index contributed by atoms with van der Waals surface area (Å²) in [6.07, 6.45) is 9.05. The van der Waals surface area contributed by atoms with Crippen LogP contribution in [0.25, 0.3) is 5.57 Å².